The number of anilines is 1. The third-order valence-corrected chi connectivity index (χ3v) is 6.77. The lowest BCUT2D eigenvalue weighted by atomic mass is 9.93. The van der Waals surface area contributed by atoms with Crippen molar-refractivity contribution < 1.29 is 18.3 Å². The van der Waals surface area contributed by atoms with E-state index in [4.69, 9.17) is 9.72 Å². The highest BCUT2D eigenvalue weighted by atomic mass is 19.1. The van der Waals surface area contributed by atoms with Crippen molar-refractivity contribution in [1.29, 1.82) is 0 Å². The zero-order valence-electron chi connectivity index (χ0n) is 22.4. The fraction of sp³-hybridized carbons (Fsp3) is 0.483. The summed E-state index contributed by atoms with van der Waals surface area (Å²) in [5.74, 6) is 0.203. The number of hydrogen-bond donors (Lipinski definition) is 0. The molecule has 0 spiro atoms. The highest BCUT2D eigenvalue weighted by Crippen LogP contribution is 2.45. The Kier molecular flexibility index (Phi) is 7.67. The lowest BCUT2D eigenvalue weighted by Gasteiger charge is -2.41. The molecule has 8 heteroatoms. The van der Waals surface area contributed by atoms with Crippen LogP contribution in [0.2, 0.25) is 0 Å². The smallest absolute Gasteiger partial charge is 0.410 e. The second-order valence-corrected chi connectivity index (χ2v) is 10.9. The molecular weight excluding hydrogens is 474 g/mol. The van der Waals surface area contributed by atoms with Crippen molar-refractivity contribution in [3.8, 4) is 0 Å². The van der Waals surface area contributed by atoms with E-state index in [1.807, 2.05) is 34.6 Å². The molecule has 0 unspecified atom stereocenters. The maximum absolute atomic E-state index is 14.5. The minimum atomic E-state index is -0.558. The number of ether oxygens (including phenoxy) is 1. The van der Waals surface area contributed by atoms with Crippen molar-refractivity contribution in [2.75, 3.05) is 24.5 Å². The molecular formula is C29H36F2N4O2. The van der Waals surface area contributed by atoms with E-state index in [0.717, 1.165) is 42.0 Å². The van der Waals surface area contributed by atoms with Crippen molar-refractivity contribution in [2.45, 2.75) is 65.5 Å². The number of carbonyl (C=O) groups excluding carboxylic acids is 1. The van der Waals surface area contributed by atoms with Crippen LogP contribution in [0.4, 0.5) is 19.4 Å². The summed E-state index contributed by atoms with van der Waals surface area (Å²) in [5, 5.41) is 0. The maximum atomic E-state index is 14.5. The van der Waals surface area contributed by atoms with E-state index < -0.39 is 17.2 Å². The van der Waals surface area contributed by atoms with Crippen LogP contribution < -0.4 is 4.90 Å². The maximum Gasteiger partial charge on any atom is 0.410 e. The first kappa shape index (κ1) is 26.8. The van der Waals surface area contributed by atoms with E-state index in [1.165, 1.54) is 18.0 Å². The minimum Gasteiger partial charge on any atom is -0.444 e. The molecule has 1 saturated heterocycles. The number of hydrogen-bond acceptors (Lipinski definition) is 5. The van der Waals surface area contributed by atoms with Gasteiger partial charge in [-0.15, -0.1) is 0 Å². The van der Waals surface area contributed by atoms with Gasteiger partial charge in [0.1, 0.15) is 29.4 Å². The number of rotatable bonds is 6. The molecule has 2 fully saturated rings. The van der Waals surface area contributed by atoms with Gasteiger partial charge in [-0.3, -0.25) is 0 Å². The van der Waals surface area contributed by atoms with E-state index in [1.54, 1.807) is 4.90 Å². The summed E-state index contributed by atoms with van der Waals surface area (Å²) in [4.78, 5) is 26.0. The number of nitrogens with zero attached hydrogens (tertiary/aromatic N) is 4. The van der Waals surface area contributed by atoms with Crippen molar-refractivity contribution >= 4 is 23.1 Å². The molecule has 1 aliphatic heterocycles. The Morgan fingerprint density at radius 2 is 1.95 bits per heavy atom. The van der Waals surface area contributed by atoms with E-state index >= 15 is 0 Å². The first-order chi connectivity index (χ1) is 17.5. The molecule has 4 rings (SSSR count). The Morgan fingerprint density at radius 1 is 1.22 bits per heavy atom. The van der Waals surface area contributed by atoms with Gasteiger partial charge < -0.3 is 14.5 Å². The number of benzene rings is 1. The van der Waals surface area contributed by atoms with E-state index in [-0.39, 0.29) is 24.1 Å². The van der Waals surface area contributed by atoms with Gasteiger partial charge in [-0.2, -0.15) is 0 Å². The van der Waals surface area contributed by atoms with Crippen LogP contribution in [0.25, 0.3) is 11.1 Å². The molecule has 6 nitrogen and oxygen atoms in total. The number of allylic oxidation sites excluding steroid dienone is 3. The van der Waals surface area contributed by atoms with Gasteiger partial charge in [-0.1, -0.05) is 12.7 Å². The normalized spacial score (nSPS) is 18.7. The Hall–Kier alpha value is -3.29. The van der Waals surface area contributed by atoms with Crippen LogP contribution in [0.1, 0.15) is 64.3 Å². The van der Waals surface area contributed by atoms with Gasteiger partial charge in [0.15, 0.2) is 0 Å². The molecule has 0 radical (unpaired) electrons. The van der Waals surface area contributed by atoms with Crippen molar-refractivity contribution in [3.05, 3.63) is 65.6 Å². The fourth-order valence-electron chi connectivity index (χ4n) is 4.87. The number of halogens is 2. The van der Waals surface area contributed by atoms with Gasteiger partial charge >= 0.3 is 6.09 Å². The number of aromatic nitrogens is 2. The molecule has 1 amide bonds. The Morgan fingerprint density at radius 3 is 2.57 bits per heavy atom. The third kappa shape index (κ3) is 6.17. The molecule has 37 heavy (non-hydrogen) atoms. The molecule has 1 saturated carbocycles. The van der Waals surface area contributed by atoms with Gasteiger partial charge in [0.25, 0.3) is 0 Å². The second kappa shape index (κ2) is 10.6. The molecule has 0 bridgehead atoms. The van der Waals surface area contributed by atoms with Crippen LogP contribution in [0, 0.1) is 17.6 Å². The first-order valence-corrected chi connectivity index (χ1v) is 12.9. The monoisotopic (exact) mass is 510 g/mol. The van der Waals surface area contributed by atoms with Gasteiger partial charge in [-0.05, 0) is 82.7 Å². The molecule has 1 aromatic heterocycles. The molecule has 198 valence electrons. The molecule has 1 atom stereocenters. The average Bonchev–Trinajstić information content (AvgIpc) is 3.66. The largest absolute Gasteiger partial charge is 0.444 e. The first-order valence-electron chi connectivity index (χ1n) is 12.9. The average molecular weight is 511 g/mol. The Labute approximate surface area is 218 Å². The number of carbonyl (C=O) groups is 1. The molecule has 1 aliphatic carbocycles. The molecule has 2 heterocycles. The van der Waals surface area contributed by atoms with Gasteiger partial charge in [-0.25, -0.2) is 23.5 Å². The predicted molar refractivity (Wildman–Crippen MR) is 142 cm³/mol. The summed E-state index contributed by atoms with van der Waals surface area (Å²) in [6.07, 6.45) is 5.77. The topological polar surface area (TPSA) is 58.6 Å². The molecule has 2 aromatic rings. The molecule has 2 aliphatic rings. The minimum absolute atomic E-state index is 0.0822. The van der Waals surface area contributed by atoms with Crippen LogP contribution in [0.3, 0.4) is 0 Å². The number of amides is 1. The lowest BCUT2D eigenvalue weighted by Crippen LogP contribution is -2.55. The zero-order chi connectivity index (χ0) is 26.9. The number of piperazine rings is 1. The van der Waals surface area contributed by atoms with E-state index in [9.17, 15) is 13.6 Å². The SMILES string of the molecule is C=C(Cc1ncnc(N2CCN(C(=O)OC(C)(C)C)[C@H](C)C2)c1/C(=C\C)C1CC1)c1cc(F)ccc1F. The highest BCUT2D eigenvalue weighted by molar-refractivity contribution is 5.80. The van der Waals surface area contributed by atoms with Crippen LogP contribution >= 0.6 is 0 Å². The molecule has 1 aromatic carbocycles. The summed E-state index contributed by atoms with van der Waals surface area (Å²) in [6.45, 7) is 15.3. The third-order valence-electron chi connectivity index (χ3n) is 6.77. The summed E-state index contributed by atoms with van der Waals surface area (Å²) < 4.78 is 33.9. The van der Waals surface area contributed by atoms with Crippen LogP contribution in [0.5, 0.6) is 0 Å². The van der Waals surface area contributed by atoms with Crippen LogP contribution in [0.15, 0.2) is 37.2 Å². The fourth-order valence-corrected chi connectivity index (χ4v) is 4.87. The second-order valence-electron chi connectivity index (χ2n) is 10.9. The zero-order valence-corrected chi connectivity index (χ0v) is 22.4. The van der Waals surface area contributed by atoms with Crippen molar-refractivity contribution in [1.82, 2.24) is 14.9 Å². The van der Waals surface area contributed by atoms with Gasteiger partial charge in [0.05, 0.1) is 5.69 Å². The quantitative estimate of drug-likeness (QED) is 0.458. The summed E-state index contributed by atoms with van der Waals surface area (Å²) in [6, 6.07) is 3.31. The lowest BCUT2D eigenvalue weighted by molar-refractivity contribution is 0.0158. The van der Waals surface area contributed by atoms with E-state index in [2.05, 4.69) is 22.5 Å². The molecule has 0 N–H and O–H groups in total. The van der Waals surface area contributed by atoms with E-state index in [0.29, 0.717) is 31.1 Å². The van der Waals surface area contributed by atoms with Crippen LogP contribution in [-0.2, 0) is 11.2 Å². The van der Waals surface area contributed by atoms with Crippen molar-refractivity contribution in [2.24, 2.45) is 5.92 Å². The summed E-state index contributed by atoms with van der Waals surface area (Å²) in [5.41, 5.74) is 2.89. The Balaban J connectivity index is 1.65. The Bertz CT molecular complexity index is 1220. The van der Waals surface area contributed by atoms with Gasteiger partial charge in [0.2, 0.25) is 0 Å². The van der Waals surface area contributed by atoms with Gasteiger partial charge in [0, 0.05) is 43.2 Å². The highest BCUT2D eigenvalue weighted by Gasteiger charge is 2.35. The standard InChI is InChI=1S/C29H36F2N4O2/c1-7-22(20-8-9-20)26-25(14-18(2)23-15-21(30)10-11-24(23)31)32-17-33-27(26)34-12-13-35(19(3)16-34)28(36)37-29(4,5)6/h7,10-11,15,17,19-20H,2,8-9,12-14,16H2,1,3-6H3/b22-7-/t19-/m1/s1. The van der Waals surface area contributed by atoms with Crippen molar-refractivity contribution in [3.63, 3.8) is 0 Å². The summed E-state index contributed by atoms with van der Waals surface area (Å²) >= 11 is 0. The van der Waals surface area contributed by atoms with Crippen LogP contribution in [-0.4, -0.2) is 52.2 Å². The predicted octanol–water partition coefficient (Wildman–Crippen LogP) is 6.27. The summed E-state index contributed by atoms with van der Waals surface area (Å²) in [7, 11) is 0.